The van der Waals surface area contributed by atoms with Crippen molar-refractivity contribution >= 4 is 7.48 Å². The predicted octanol–water partition coefficient (Wildman–Crippen LogP) is 0.176. The minimum atomic E-state index is 1.00. The van der Waals surface area contributed by atoms with Crippen LogP contribution in [0.15, 0.2) is 0 Å². The molecule has 5 heavy (non-hydrogen) atoms. The molecule has 1 rings (SSSR count). The summed E-state index contributed by atoms with van der Waals surface area (Å²) in [5.74, 6) is 0. The van der Waals surface area contributed by atoms with Crippen molar-refractivity contribution in [2.75, 3.05) is 6.61 Å². The highest BCUT2D eigenvalue weighted by molar-refractivity contribution is 6.27. The van der Waals surface area contributed by atoms with E-state index in [1.54, 1.807) is 0 Å². The highest BCUT2D eigenvalue weighted by atomic mass is 16.4. The van der Waals surface area contributed by atoms with E-state index in [0.29, 0.717) is 0 Å². The summed E-state index contributed by atoms with van der Waals surface area (Å²) in [6.07, 6.45) is 2.56. The third-order valence-corrected chi connectivity index (χ3v) is 0.827. The Labute approximate surface area is 32.6 Å². The fourth-order valence-electron chi connectivity index (χ4n) is 0.510. The smallest absolute Gasteiger partial charge is 0.274 e. The first-order valence-corrected chi connectivity index (χ1v) is 2.08. The first-order valence-electron chi connectivity index (χ1n) is 2.08. The van der Waals surface area contributed by atoms with Crippen molar-refractivity contribution in [2.45, 2.75) is 12.7 Å². The van der Waals surface area contributed by atoms with Crippen LogP contribution in [-0.2, 0) is 4.65 Å². The van der Waals surface area contributed by atoms with Crippen LogP contribution in [-0.4, -0.2) is 14.1 Å². The molecule has 0 bridgehead atoms. The zero-order chi connectivity index (χ0) is 3.54. The van der Waals surface area contributed by atoms with Crippen LogP contribution in [0.1, 0.15) is 6.42 Å². The molecule has 0 spiro atoms. The molecule has 0 aromatic heterocycles. The topological polar surface area (TPSA) is 9.23 Å². The number of rotatable bonds is 0. The third kappa shape index (κ3) is 0.654. The maximum Gasteiger partial charge on any atom is 0.274 e. The van der Waals surface area contributed by atoms with E-state index in [0.717, 1.165) is 14.1 Å². The second-order valence-electron chi connectivity index (χ2n) is 1.32. The van der Waals surface area contributed by atoms with Crippen LogP contribution >= 0.6 is 0 Å². The Morgan fingerprint density at radius 1 is 1.60 bits per heavy atom. The Morgan fingerprint density at radius 2 is 2.60 bits per heavy atom. The standard InChI is InChI=1S/C3H7BO/c1-2-4-5-3-1/h4H,1-3H2. The average molecular weight is 69.9 g/mol. The molecule has 0 radical (unpaired) electrons. The van der Waals surface area contributed by atoms with Crippen molar-refractivity contribution in [3.05, 3.63) is 0 Å². The Hall–Kier alpha value is 0.0249. The highest BCUT2D eigenvalue weighted by Crippen LogP contribution is 1.97. The summed E-state index contributed by atoms with van der Waals surface area (Å²) in [4.78, 5) is 0. The molecule has 0 unspecified atom stereocenters. The van der Waals surface area contributed by atoms with Crippen molar-refractivity contribution in [3.8, 4) is 0 Å². The fourth-order valence-corrected chi connectivity index (χ4v) is 0.510. The van der Waals surface area contributed by atoms with Crippen LogP contribution < -0.4 is 0 Å². The molecule has 0 aromatic rings. The Kier molecular flexibility index (Phi) is 0.940. The zero-order valence-corrected chi connectivity index (χ0v) is 3.24. The van der Waals surface area contributed by atoms with Gasteiger partial charge in [0.2, 0.25) is 0 Å². The Balaban J connectivity index is 2.08. The second-order valence-corrected chi connectivity index (χ2v) is 1.32. The molecule has 0 saturated carbocycles. The quantitative estimate of drug-likeness (QED) is 0.369. The molecule has 1 aliphatic heterocycles. The van der Waals surface area contributed by atoms with E-state index in [4.69, 9.17) is 4.65 Å². The highest BCUT2D eigenvalue weighted by Gasteiger charge is 1.98. The van der Waals surface area contributed by atoms with Gasteiger partial charge in [0.1, 0.15) is 0 Å². The number of hydrogen-bond acceptors (Lipinski definition) is 1. The lowest BCUT2D eigenvalue weighted by atomic mass is 9.98. The van der Waals surface area contributed by atoms with Crippen molar-refractivity contribution in [2.24, 2.45) is 0 Å². The van der Waals surface area contributed by atoms with Crippen molar-refractivity contribution in [1.29, 1.82) is 0 Å². The maximum absolute atomic E-state index is 4.94. The minimum Gasteiger partial charge on any atom is -0.439 e. The van der Waals surface area contributed by atoms with E-state index in [1.165, 1.54) is 12.7 Å². The second kappa shape index (κ2) is 1.46. The largest absolute Gasteiger partial charge is 0.439 e. The van der Waals surface area contributed by atoms with Gasteiger partial charge < -0.3 is 4.65 Å². The van der Waals surface area contributed by atoms with Gasteiger partial charge >= 0.3 is 0 Å². The molecular formula is C3H7BO. The Morgan fingerprint density at radius 3 is 2.80 bits per heavy atom. The van der Waals surface area contributed by atoms with Gasteiger partial charge in [-0.25, -0.2) is 0 Å². The molecule has 0 N–H and O–H groups in total. The van der Waals surface area contributed by atoms with Gasteiger partial charge in [-0.1, -0.05) is 0 Å². The molecule has 1 heterocycles. The predicted molar refractivity (Wildman–Crippen MR) is 22.5 cm³/mol. The third-order valence-electron chi connectivity index (χ3n) is 0.827. The van der Waals surface area contributed by atoms with E-state index >= 15 is 0 Å². The molecule has 1 saturated heterocycles. The van der Waals surface area contributed by atoms with Crippen LogP contribution in [0.25, 0.3) is 0 Å². The summed E-state index contributed by atoms with van der Waals surface area (Å²) in [6.45, 7) is 1.00. The monoisotopic (exact) mass is 70.1 g/mol. The van der Waals surface area contributed by atoms with Gasteiger partial charge in [0.05, 0.1) is 0 Å². The molecule has 0 amide bonds. The normalized spacial score (nSPS) is 22.4. The molecule has 2 heteroatoms. The van der Waals surface area contributed by atoms with E-state index < -0.39 is 0 Å². The Bertz CT molecular complexity index is 18.5. The SMILES string of the molecule is B1CCCO1. The van der Waals surface area contributed by atoms with Crippen molar-refractivity contribution in [3.63, 3.8) is 0 Å². The summed E-state index contributed by atoms with van der Waals surface area (Å²) in [5.41, 5.74) is 0. The van der Waals surface area contributed by atoms with Gasteiger partial charge in [0, 0.05) is 6.61 Å². The lowest BCUT2D eigenvalue weighted by molar-refractivity contribution is 0.374. The summed E-state index contributed by atoms with van der Waals surface area (Å²) in [7, 11) is 1.00. The summed E-state index contributed by atoms with van der Waals surface area (Å²) in [6, 6.07) is 0. The first kappa shape index (κ1) is 3.22. The van der Waals surface area contributed by atoms with Crippen molar-refractivity contribution in [1.82, 2.24) is 0 Å². The zero-order valence-electron chi connectivity index (χ0n) is 3.24. The van der Waals surface area contributed by atoms with Crippen LogP contribution in [0.5, 0.6) is 0 Å². The molecule has 0 aliphatic carbocycles. The molecule has 0 aromatic carbocycles. The average Bonchev–Trinajstić information content (AvgIpc) is 1.76. The van der Waals surface area contributed by atoms with E-state index in [2.05, 4.69) is 0 Å². The van der Waals surface area contributed by atoms with Gasteiger partial charge in [-0.15, -0.1) is 0 Å². The van der Waals surface area contributed by atoms with Crippen molar-refractivity contribution < 1.29 is 4.65 Å². The summed E-state index contributed by atoms with van der Waals surface area (Å²) >= 11 is 0. The molecule has 1 aliphatic rings. The molecule has 0 atom stereocenters. The molecular weight excluding hydrogens is 62.8 g/mol. The van der Waals surface area contributed by atoms with E-state index in [1.807, 2.05) is 0 Å². The van der Waals surface area contributed by atoms with Gasteiger partial charge in [-0.3, -0.25) is 0 Å². The van der Waals surface area contributed by atoms with Crippen LogP contribution in [0.2, 0.25) is 6.32 Å². The van der Waals surface area contributed by atoms with Gasteiger partial charge in [-0.2, -0.15) is 0 Å². The fraction of sp³-hybridized carbons (Fsp3) is 1.00. The minimum absolute atomic E-state index is 1.00. The van der Waals surface area contributed by atoms with Gasteiger partial charge in [0.15, 0.2) is 0 Å². The number of hydrogen-bond donors (Lipinski definition) is 0. The first-order chi connectivity index (χ1) is 2.50. The van der Waals surface area contributed by atoms with E-state index in [-0.39, 0.29) is 0 Å². The van der Waals surface area contributed by atoms with Gasteiger partial charge in [-0.05, 0) is 12.7 Å². The molecule has 1 fully saturated rings. The molecule has 1 nitrogen and oxygen atoms in total. The summed E-state index contributed by atoms with van der Waals surface area (Å²) < 4.78 is 4.94. The lowest BCUT2D eigenvalue weighted by Gasteiger charge is -1.76. The van der Waals surface area contributed by atoms with Crippen LogP contribution in [0, 0.1) is 0 Å². The van der Waals surface area contributed by atoms with Crippen LogP contribution in [0.4, 0.5) is 0 Å². The summed E-state index contributed by atoms with van der Waals surface area (Å²) in [5, 5.41) is 0. The van der Waals surface area contributed by atoms with Crippen LogP contribution in [0.3, 0.4) is 0 Å². The van der Waals surface area contributed by atoms with E-state index in [9.17, 15) is 0 Å². The van der Waals surface area contributed by atoms with Gasteiger partial charge in [0.25, 0.3) is 7.48 Å². The lowest BCUT2D eigenvalue weighted by Crippen LogP contribution is -1.80. The molecule has 28 valence electrons. The maximum atomic E-state index is 4.94.